The summed E-state index contributed by atoms with van der Waals surface area (Å²) in [7, 11) is 0. The lowest BCUT2D eigenvalue weighted by atomic mass is 10.2. The summed E-state index contributed by atoms with van der Waals surface area (Å²) in [5, 5.41) is 1.40. The molecule has 0 unspecified atom stereocenters. The molecule has 4 nitrogen and oxygen atoms in total. The Balaban J connectivity index is 1.89. The zero-order valence-electron chi connectivity index (χ0n) is 15.8. The van der Waals surface area contributed by atoms with Crippen molar-refractivity contribution in [3.63, 3.8) is 0 Å². The summed E-state index contributed by atoms with van der Waals surface area (Å²) in [5.41, 5.74) is 0.179. The number of aromatic nitrogens is 2. The van der Waals surface area contributed by atoms with E-state index >= 15 is 0 Å². The highest BCUT2D eigenvalue weighted by molar-refractivity contribution is 9.10. The Labute approximate surface area is 192 Å². The van der Waals surface area contributed by atoms with E-state index in [1.165, 1.54) is 28.0 Å². The van der Waals surface area contributed by atoms with Crippen LogP contribution >= 0.6 is 38.9 Å². The second-order valence-electron chi connectivity index (χ2n) is 7.01. The molecule has 0 N–H and O–H groups in total. The van der Waals surface area contributed by atoms with E-state index in [1.54, 1.807) is 18.2 Å². The third-order valence-electron chi connectivity index (χ3n) is 5.06. The molecule has 0 amide bonds. The summed E-state index contributed by atoms with van der Waals surface area (Å²) >= 11 is 10.5. The monoisotopic (exact) mass is 514 g/mol. The highest BCUT2D eigenvalue weighted by Gasteiger charge is 2.21. The van der Waals surface area contributed by atoms with E-state index in [4.69, 9.17) is 11.6 Å². The summed E-state index contributed by atoms with van der Waals surface area (Å²) in [6, 6.07) is 18.9. The lowest BCUT2D eigenvalue weighted by molar-refractivity contribution is 0.606. The number of halogens is 3. The van der Waals surface area contributed by atoms with Crippen LogP contribution in [-0.2, 0) is 6.54 Å². The predicted molar refractivity (Wildman–Crippen MR) is 127 cm³/mol. The maximum Gasteiger partial charge on any atom is 0.336 e. The minimum atomic E-state index is -0.660. The largest absolute Gasteiger partial charge is 0.336 e. The normalized spacial score (nSPS) is 11.5. The van der Waals surface area contributed by atoms with Crippen molar-refractivity contribution in [3.8, 4) is 5.69 Å². The molecule has 0 saturated carbocycles. The van der Waals surface area contributed by atoms with Gasteiger partial charge in [-0.05, 0) is 42.0 Å². The molecule has 2 aromatic heterocycles. The Morgan fingerprint density at radius 2 is 1.74 bits per heavy atom. The second-order valence-corrected chi connectivity index (χ2v) is 9.41. The van der Waals surface area contributed by atoms with Crippen LogP contribution in [0.5, 0.6) is 0 Å². The molecule has 8 heteroatoms. The first-order valence-electron chi connectivity index (χ1n) is 9.31. The van der Waals surface area contributed by atoms with Gasteiger partial charge in [0.2, 0.25) is 0 Å². The van der Waals surface area contributed by atoms with Crippen molar-refractivity contribution in [1.29, 1.82) is 0 Å². The number of benzene rings is 3. The number of hydrogen-bond donors (Lipinski definition) is 0. The van der Waals surface area contributed by atoms with Gasteiger partial charge in [0.15, 0.2) is 0 Å². The molecule has 3 aromatic carbocycles. The molecule has 0 spiro atoms. The van der Waals surface area contributed by atoms with Crippen molar-refractivity contribution in [1.82, 2.24) is 9.13 Å². The predicted octanol–water partition coefficient (Wildman–Crippen LogP) is 5.97. The van der Waals surface area contributed by atoms with Crippen molar-refractivity contribution in [2.45, 2.75) is 6.54 Å². The van der Waals surface area contributed by atoms with Gasteiger partial charge in [-0.3, -0.25) is 9.36 Å². The van der Waals surface area contributed by atoms with Crippen molar-refractivity contribution in [2.75, 3.05) is 0 Å². The SMILES string of the molecule is O=c1c2sc3ccccc3c2n(Cc2ccc(Cl)cc2)c(=O)n1-c1ccc(Br)cc1F. The molecule has 5 aromatic rings. The molecule has 0 fully saturated rings. The first kappa shape index (κ1) is 20.2. The van der Waals surface area contributed by atoms with Crippen LogP contribution in [0.2, 0.25) is 5.02 Å². The molecule has 0 aliphatic rings. The molecule has 0 saturated heterocycles. The van der Waals surface area contributed by atoms with Crippen molar-refractivity contribution >= 4 is 59.2 Å². The van der Waals surface area contributed by atoms with Gasteiger partial charge in [0.1, 0.15) is 10.5 Å². The smallest absolute Gasteiger partial charge is 0.287 e. The average molecular weight is 516 g/mol. The van der Waals surface area contributed by atoms with E-state index in [0.29, 0.717) is 19.7 Å². The van der Waals surface area contributed by atoms with Gasteiger partial charge in [0.25, 0.3) is 5.56 Å². The standard InChI is InChI=1S/C23H13BrClFN2O2S/c24-14-7-10-18(17(26)11-14)28-22(29)21-20(16-3-1-2-4-19(16)31-21)27(23(28)30)12-13-5-8-15(25)9-6-13/h1-11H,12H2. The van der Waals surface area contributed by atoms with Crippen LogP contribution in [0.3, 0.4) is 0 Å². The molecule has 0 radical (unpaired) electrons. The van der Waals surface area contributed by atoms with Crippen molar-refractivity contribution < 1.29 is 4.39 Å². The second kappa shape index (κ2) is 7.75. The Bertz CT molecular complexity index is 1590. The minimum Gasteiger partial charge on any atom is -0.287 e. The molecule has 0 aliphatic heterocycles. The molecular weight excluding hydrogens is 503 g/mol. The van der Waals surface area contributed by atoms with Crippen LogP contribution in [0.15, 0.2) is 80.8 Å². The quantitative estimate of drug-likeness (QED) is 0.297. The van der Waals surface area contributed by atoms with Gasteiger partial charge in [-0.1, -0.05) is 57.9 Å². The van der Waals surface area contributed by atoms with E-state index in [0.717, 1.165) is 20.2 Å². The fourth-order valence-corrected chi connectivity index (χ4v) is 5.24. The van der Waals surface area contributed by atoms with Crippen LogP contribution in [0, 0.1) is 5.82 Å². The Morgan fingerprint density at radius 1 is 1.00 bits per heavy atom. The van der Waals surface area contributed by atoms with Gasteiger partial charge in [0, 0.05) is 19.6 Å². The number of nitrogens with zero attached hydrogens (tertiary/aromatic N) is 2. The first-order chi connectivity index (χ1) is 14.9. The van der Waals surface area contributed by atoms with E-state index in [1.807, 2.05) is 36.4 Å². The summed E-state index contributed by atoms with van der Waals surface area (Å²) in [4.78, 5) is 27.0. The molecule has 0 bridgehead atoms. The van der Waals surface area contributed by atoms with Gasteiger partial charge in [-0.25, -0.2) is 13.8 Å². The van der Waals surface area contributed by atoms with Gasteiger partial charge in [-0.2, -0.15) is 0 Å². The van der Waals surface area contributed by atoms with E-state index in [2.05, 4.69) is 15.9 Å². The van der Waals surface area contributed by atoms with Crippen molar-refractivity contribution in [3.05, 3.63) is 108 Å². The van der Waals surface area contributed by atoms with Crippen LogP contribution in [0.1, 0.15) is 5.56 Å². The highest BCUT2D eigenvalue weighted by atomic mass is 79.9. The maximum absolute atomic E-state index is 14.8. The molecular formula is C23H13BrClFN2O2S. The van der Waals surface area contributed by atoms with Gasteiger partial charge in [0.05, 0.1) is 17.7 Å². The fourth-order valence-electron chi connectivity index (χ4n) is 3.64. The lowest BCUT2D eigenvalue weighted by Gasteiger charge is -2.13. The van der Waals surface area contributed by atoms with E-state index in [-0.39, 0.29) is 12.2 Å². The highest BCUT2D eigenvalue weighted by Crippen LogP contribution is 2.31. The summed E-state index contributed by atoms with van der Waals surface area (Å²) < 4.78 is 19.0. The zero-order valence-corrected chi connectivity index (χ0v) is 19.0. The van der Waals surface area contributed by atoms with Crippen molar-refractivity contribution in [2.24, 2.45) is 0 Å². The molecule has 31 heavy (non-hydrogen) atoms. The molecule has 2 heterocycles. The third-order valence-corrected chi connectivity index (χ3v) is 6.96. The summed E-state index contributed by atoms with van der Waals surface area (Å²) in [6.45, 7) is 0.214. The average Bonchev–Trinajstić information content (AvgIpc) is 3.14. The Hall–Kier alpha value is -2.74. The summed E-state index contributed by atoms with van der Waals surface area (Å²) in [6.07, 6.45) is 0. The van der Waals surface area contributed by atoms with E-state index in [9.17, 15) is 14.0 Å². The summed E-state index contributed by atoms with van der Waals surface area (Å²) in [5.74, 6) is -0.660. The number of hydrogen-bond acceptors (Lipinski definition) is 3. The van der Waals surface area contributed by atoms with Crippen LogP contribution in [-0.4, -0.2) is 9.13 Å². The van der Waals surface area contributed by atoms with Crippen LogP contribution in [0.25, 0.3) is 26.0 Å². The van der Waals surface area contributed by atoms with Gasteiger partial charge >= 0.3 is 5.69 Å². The van der Waals surface area contributed by atoms with Crippen LogP contribution < -0.4 is 11.2 Å². The lowest BCUT2D eigenvalue weighted by Crippen LogP contribution is -2.39. The third kappa shape index (κ3) is 3.43. The fraction of sp³-hybridized carbons (Fsp3) is 0.0435. The van der Waals surface area contributed by atoms with Crippen LogP contribution in [0.4, 0.5) is 4.39 Å². The topological polar surface area (TPSA) is 44.0 Å². The number of rotatable bonds is 3. The Morgan fingerprint density at radius 3 is 2.48 bits per heavy atom. The minimum absolute atomic E-state index is 0.0811. The maximum atomic E-state index is 14.8. The molecule has 5 rings (SSSR count). The first-order valence-corrected chi connectivity index (χ1v) is 11.3. The number of fused-ring (bicyclic) bond motifs is 3. The number of thiophene rings is 1. The molecule has 154 valence electrons. The zero-order chi connectivity index (χ0) is 21.7. The van der Waals surface area contributed by atoms with Gasteiger partial charge < -0.3 is 0 Å². The Kier molecular flexibility index (Phi) is 5.04. The van der Waals surface area contributed by atoms with E-state index < -0.39 is 17.1 Å². The van der Waals surface area contributed by atoms with Gasteiger partial charge in [-0.15, -0.1) is 11.3 Å². The molecule has 0 atom stereocenters. The molecule has 0 aliphatic carbocycles.